The van der Waals surface area contributed by atoms with Gasteiger partial charge in [0.25, 0.3) is 11.1 Å². The third kappa shape index (κ3) is 6.74. The van der Waals surface area contributed by atoms with Crippen LogP contribution in [-0.4, -0.2) is 73.8 Å². The maximum atomic E-state index is 12.7. The van der Waals surface area contributed by atoms with Gasteiger partial charge in [0.15, 0.2) is 11.5 Å². The second-order valence-electron chi connectivity index (χ2n) is 8.36. The lowest BCUT2D eigenvalue weighted by Crippen LogP contribution is -2.43. The van der Waals surface area contributed by atoms with Crippen LogP contribution in [-0.2, 0) is 9.59 Å². The van der Waals surface area contributed by atoms with E-state index in [0.29, 0.717) is 29.0 Å². The number of ether oxygens (including phenoxy) is 2. The molecule has 3 rings (SSSR count). The van der Waals surface area contributed by atoms with E-state index in [1.54, 1.807) is 31.4 Å². The van der Waals surface area contributed by atoms with Crippen LogP contribution in [0.1, 0.15) is 44.1 Å². The average Bonchev–Trinajstić information content (AvgIpc) is 2.98. The molecule has 0 atom stereocenters. The van der Waals surface area contributed by atoms with Gasteiger partial charge in [-0.05, 0) is 55.4 Å². The topological polar surface area (TPSA) is 88.2 Å². The number of hydrogen-bond donors (Lipinski definition) is 1. The zero-order valence-electron chi connectivity index (χ0n) is 19.6. The molecule has 0 bridgehead atoms. The number of thioether (sulfide) groups is 1. The molecule has 180 valence electrons. The number of carbonyl (C=O) groups is 3. The van der Waals surface area contributed by atoms with Crippen molar-refractivity contribution in [3.8, 4) is 11.5 Å². The third-order valence-electron chi connectivity index (χ3n) is 6.08. The summed E-state index contributed by atoms with van der Waals surface area (Å²) in [6, 6.07) is 5.73. The van der Waals surface area contributed by atoms with Gasteiger partial charge >= 0.3 is 0 Å². The Morgan fingerprint density at radius 3 is 2.52 bits per heavy atom. The summed E-state index contributed by atoms with van der Waals surface area (Å²) in [5.41, 5.74) is 0.730. The number of likely N-dealkylation sites (N-methyl/N-ethyl adjacent to an activating group) is 1. The molecule has 1 aliphatic heterocycles. The molecule has 9 heteroatoms. The first-order valence-electron chi connectivity index (χ1n) is 11.4. The molecule has 2 fully saturated rings. The van der Waals surface area contributed by atoms with Gasteiger partial charge in [0.1, 0.15) is 0 Å². The van der Waals surface area contributed by atoms with Crippen molar-refractivity contribution in [1.82, 2.24) is 15.1 Å². The summed E-state index contributed by atoms with van der Waals surface area (Å²) in [5, 5.41) is 2.51. The van der Waals surface area contributed by atoms with E-state index in [2.05, 4.69) is 10.2 Å². The molecule has 0 radical (unpaired) electrons. The zero-order valence-corrected chi connectivity index (χ0v) is 20.4. The van der Waals surface area contributed by atoms with Crippen molar-refractivity contribution in [1.29, 1.82) is 0 Å². The fourth-order valence-corrected chi connectivity index (χ4v) is 5.07. The standard InChI is InChI=1S/C24H33N3O5S/c1-26(18-8-6-4-5-7-9-18)16-22(28)25-12-13-27-23(29)21(33-24(27)30)15-17-10-11-19(31-2)20(14-17)32-3/h10-11,14-15,18H,4-9,12-13,16H2,1-3H3,(H,25,28)/b21-15-. The Kier molecular flexibility index (Phi) is 9.20. The highest BCUT2D eigenvalue weighted by molar-refractivity contribution is 8.18. The molecule has 0 unspecified atom stereocenters. The molecule has 3 amide bonds. The van der Waals surface area contributed by atoms with Crippen molar-refractivity contribution in [2.75, 3.05) is 40.9 Å². The lowest BCUT2D eigenvalue weighted by atomic mass is 10.1. The Bertz CT molecular complexity index is 896. The highest BCUT2D eigenvalue weighted by Gasteiger charge is 2.34. The third-order valence-corrected chi connectivity index (χ3v) is 6.98. The van der Waals surface area contributed by atoms with Crippen LogP contribution in [0.3, 0.4) is 0 Å². The van der Waals surface area contributed by atoms with Gasteiger partial charge in [-0.1, -0.05) is 31.7 Å². The van der Waals surface area contributed by atoms with Crippen molar-refractivity contribution < 1.29 is 23.9 Å². The van der Waals surface area contributed by atoms with Crippen molar-refractivity contribution in [3.05, 3.63) is 28.7 Å². The molecule has 2 aliphatic rings. The SMILES string of the molecule is COc1ccc(/C=C2\SC(=O)N(CCNC(=O)CN(C)C3CCCCCC3)C2=O)cc1OC. The summed E-state index contributed by atoms with van der Waals surface area (Å²) in [6.07, 6.45) is 8.90. The van der Waals surface area contributed by atoms with Crippen LogP contribution in [0.2, 0.25) is 0 Å². The van der Waals surface area contributed by atoms with E-state index in [4.69, 9.17) is 9.47 Å². The van der Waals surface area contributed by atoms with Gasteiger partial charge in [-0.15, -0.1) is 0 Å². The fourth-order valence-electron chi connectivity index (χ4n) is 4.20. The van der Waals surface area contributed by atoms with E-state index < -0.39 is 0 Å². The molecule has 1 saturated heterocycles. The summed E-state index contributed by atoms with van der Waals surface area (Å²) < 4.78 is 10.5. The number of carbonyl (C=O) groups excluding carboxylic acids is 3. The first-order chi connectivity index (χ1) is 15.9. The highest BCUT2D eigenvalue weighted by atomic mass is 32.2. The number of nitrogens with one attached hydrogen (secondary N) is 1. The molecule has 8 nitrogen and oxygen atoms in total. The van der Waals surface area contributed by atoms with Crippen LogP contribution >= 0.6 is 11.8 Å². The van der Waals surface area contributed by atoms with Crippen molar-refractivity contribution in [2.24, 2.45) is 0 Å². The van der Waals surface area contributed by atoms with E-state index in [9.17, 15) is 14.4 Å². The molecular formula is C24H33N3O5S. The van der Waals surface area contributed by atoms with Gasteiger partial charge in [0.05, 0.1) is 25.7 Å². The molecule has 1 aliphatic carbocycles. The van der Waals surface area contributed by atoms with E-state index in [1.165, 1.54) is 37.7 Å². The number of methoxy groups -OCH3 is 2. The van der Waals surface area contributed by atoms with Gasteiger partial charge in [0.2, 0.25) is 5.91 Å². The maximum absolute atomic E-state index is 12.7. The monoisotopic (exact) mass is 475 g/mol. The first kappa shape index (κ1) is 25.1. The van der Waals surface area contributed by atoms with E-state index in [-0.39, 0.29) is 30.1 Å². The minimum absolute atomic E-state index is 0.0883. The number of imide groups is 1. The normalized spacial score (nSPS) is 18.7. The second-order valence-corrected chi connectivity index (χ2v) is 9.35. The average molecular weight is 476 g/mol. The lowest BCUT2D eigenvalue weighted by molar-refractivity contribution is -0.124. The van der Waals surface area contributed by atoms with Crippen molar-refractivity contribution in [2.45, 2.75) is 44.6 Å². The summed E-state index contributed by atoms with van der Waals surface area (Å²) >= 11 is 0.896. The molecular weight excluding hydrogens is 442 g/mol. The van der Waals surface area contributed by atoms with Gasteiger partial charge in [-0.2, -0.15) is 0 Å². The smallest absolute Gasteiger partial charge is 0.293 e. The van der Waals surface area contributed by atoms with Gasteiger partial charge in [-0.25, -0.2) is 0 Å². The molecule has 1 N–H and O–H groups in total. The van der Waals surface area contributed by atoms with Gasteiger partial charge < -0.3 is 14.8 Å². The Morgan fingerprint density at radius 1 is 1.15 bits per heavy atom. The van der Waals surface area contributed by atoms with E-state index in [0.717, 1.165) is 30.2 Å². The second kappa shape index (κ2) is 12.1. The number of amides is 3. The highest BCUT2D eigenvalue weighted by Crippen LogP contribution is 2.34. The minimum atomic E-state index is -0.357. The van der Waals surface area contributed by atoms with Gasteiger partial charge in [-0.3, -0.25) is 24.2 Å². The predicted octanol–water partition coefficient (Wildman–Crippen LogP) is 3.51. The van der Waals surface area contributed by atoms with Crippen LogP contribution in [0.5, 0.6) is 11.5 Å². The number of nitrogens with zero attached hydrogens (tertiary/aromatic N) is 2. The summed E-state index contributed by atoms with van der Waals surface area (Å²) in [6.45, 7) is 0.706. The molecule has 0 spiro atoms. The Balaban J connectivity index is 1.50. The zero-order chi connectivity index (χ0) is 23.8. The predicted molar refractivity (Wildman–Crippen MR) is 129 cm³/mol. The van der Waals surface area contributed by atoms with Crippen LogP contribution < -0.4 is 14.8 Å². The summed E-state index contributed by atoms with van der Waals surface area (Å²) in [7, 11) is 5.08. The van der Waals surface area contributed by atoms with Crippen LogP contribution in [0, 0.1) is 0 Å². The molecule has 1 saturated carbocycles. The van der Waals surface area contributed by atoms with Crippen molar-refractivity contribution in [3.63, 3.8) is 0 Å². The fraction of sp³-hybridized carbons (Fsp3) is 0.542. The summed E-state index contributed by atoms with van der Waals surface area (Å²) in [4.78, 5) is 41.1. The molecule has 1 aromatic rings. The molecule has 1 heterocycles. The maximum Gasteiger partial charge on any atom is 0.293 e. The van der Waals surface area contributed by atoms with E-state index >= 15 is 0 Å². The number of benzene rings is 1. The first-order valence-corrected chi connectivity index (χ1v) is 12.2. The Hall–Kier alpha value is -2.52. The van der Waals surface area contributed by atoms with Crippen LogP contribution in [0.15, 0.2) is 23.1 Å². The Labute approximate surface area is 199 Å². The minimum Gasteiger partial charge on any atom is -0.493 e. The van der Waals surface area contributed by atoms with Crippen molar-refractivity contribution >= 4 is 34.9 Å². The Morgan fingerprint density at radius 2 is 1.85 bits per heavy atom. The lowest BCUT2D eigenvalue weighted by Gasteiger charge is -2.26. The number of hydrogen-bond acceptors (Lipinski definition) is 7. The molecule has 1 aromatic carbocycles. The van der Waals surface area contributed by atoms with E-state index in [1.807, 2.05) is 7.05 Å². The molecule has 33 heavy (non-hydrogen) atoms. The number of rotatable bonds is 9. The molecule has 0 aromatic heterocycles. The van der Waals surface area contributed by atoms with Gasteiger partial charge in [0, 0.05) is 19.1 Å². The van der Waals surface area contributed by atoms with Crippen LogP contribution in [0.25, 0.3) is 6.08 Å². The largest absolute Gasteiger partial charge is 0.493 e. The van der Waals surface area contributed by atoms with Crippen LogP contribution in [0.4, 0.5) is 4.79 Å². The summed E-state index contributed by atoms with van der Waals surface area (Å²) in [5.74, 6) is 0.685. The quantitative estimate of drug-likeness (QED) is 0.432.